The fourth-order valence-corrected chi connectivity index (χ4v) is 3.18. The molecule has 28 heavy (non-hydrogen) atoms. The SMILES string of the molecule is COc1ccccc1NC(=O)c1cccc(C(=O)NCCC2=CCCCC2)n1. The van der Waals surface area contributed by atoms with E-state index in [2.05, 4.69) is 21.7 Å². The van der Waals surface area contributed by atoms with Crippen molar-refractivity contribution in [1.29, 1.82) is 0 Å². The van der Waals surface area contributed by atoms with Crippen molar-refractivity contribution >= 4 is 17.5 Å². The number of hydrogen-bond acceptors (Lipinski definition) is 4. The molecule has 0 saturated carbocycles. The van der Waals surface area contributed by atoms with Gasteiger partial charge in [0, 0.05) is 6.54 Å². The predicted octanol–water partition coefficient (Wildman–Crippen LogP) is 3.96. The number of methoxy groups -OCH3 is 1. The summed E-state index contributed by atoms with van der Waals surface area (Å²) in [4.78, 5) is 29.1. The molecule has 2 N–H and O–H groups in total. The summed E-state index contributed by atoms with van der Waals surface area (Å²) in [6, 6.07) is 12.0. The van der Waals surface area contributed by atoms with Gasteiger partial charge in [0.1, 0.15) is 17.1 Å². The number of carbonyl (C=O) groups is 2. The molecule has 1 aliphatic carbocycles. The van der Waals surface area contributed by atoms with E-state index in [0.29, 0.717) is 18.0 Å². The molecule has 2 amide bonds. The van der Waals surface area contributed by atoms with E-state index in [1.165, 1.54) is 25.5 Å². The van der Waals surface area contributed by atoms with Crippen molar-refractivity contribution < 1.29 is 14.3 Å². The zero-order valence-corrected chi connectivity index (χ0v) is 16.0. The molecular weight excluding hydrogens is 354 g/mol. The van der Waals surface area contributed by atoms with Gasteiger partial charge in [0.25, 0.3) is 11.8 Å². The third kappa shape index (κ3) is 5.19. The lowest BCUT2D eigenvalue weighted by atomic mass is 9.97. The lowest BCUT2D eigenvalue weighted by molar-refractivity contribution is 0.0949. The van der Waals surface area contributed by atoms with Crippen LogP contribution in [0.3, 0.4) is 0 Å². The van der Waals surface area contributed by atoms with E-state index in [0.717, 1.165) is 19.3 Å². The number of amides is 2. The summed E-state index contributed by atoms with van der Waals surface area (Å²) in [7, 11) is 1.54. The summed E-state index contributed by atoms with van der Waals surface area (Å²) in [6.45, 7) is 0.573. The third-order valence-electron chi connectivity index (χ3n) is 4.69. The van der Waals surface area contributed by atoms with Crippen molar-refractivity contribution in [3.8, 4) is 5.75 Å². The summed E-state index contributed by atoms with van der Waals surface area (Å²) < 4.78 is 5.23. The van der Waals surface area contributed by atoms with Gasteiger partial charge in [-0.15, -0.1) is 0 Å². The highest BCUT2D eigenvalue weighted by Gasteiger charge is 2.14. The third-order valence-corrected chi connectivity index (χ3v) is 4.69. The average Bonchev–Trinajstić information content (AvgIpc) is 2.75. The van der Waals surface area contributed by atoms with Gasteiger partial charge in [-0.1, -0.05) is 29.8 Å². The molecule has 1 aromatic carbocycles. The topological polar surface area (TPSA) is 80.3 Å². The molecule has 2 aromatic rings. The molecule has 0 aliphatic heterocycles. The minimum Gasteiger partial charge on any atom is -0.495 e. The minimum absolute atomic E-state index is 0.175. The van der Waals surface area contributed by atoms with E-state index in [-0.39, 0.29) is 17.3 Å². The van der Waals surface area contributed by atoms with E-state index in [9.17, 15) is 9.59 Å². The minimum atomic E-state index is -0.397. The van der Waals surface area contributed by atoms with Crippen LogP contribution < -0.4 is 15.4 Å². The summed E-state index contributed by atoms with van der Waals surface area (Å²) >= 11 is 0. The molecule has 0 fully saturated rings. The second-order valence-corrected chi connectivity index (χ2v) is 6.68. The zero-order valence-electron chi connectivity index (χ0n) is 16.0. The lowest BCUT2D eigenvalue weighted by Gasteiger charge is -2.13. The second kappa shape index (κ2) is 9.69. The number of ether oxygens (including phenoxy) is 1. The van der Waals surface area contributed by atoms with Crippen LogP contribution in [0.2, 0.25) is 0 Å². The van der Waals surface area contributed by atoms with Crippen LogP contribution in [0.4, 0.5) is 5.69 Å². The van der Waals surface area contributed by atoms with Crippen LogP contribution in [-0.4, -0.2) is 30.5 Å². The fraction of sp³-hybridized carbons (Fsp3) is 0.318. The molecule has 6 heteroatoms. The molecule has 0 radical (unpaired) electrons. The predicted molar refractivity (Wildman–Crippen MR) is 109 cm³/mol. The number of hydrogen-bond donors (Lipinski definition) is 2. The van der Waals surface area contributed by atoms with Gasteiger partial charge in [-0.3, -0.25) is 9.59 Å². The van der Waals surface area contributed by atoms with Gasteiger partial charge in [0.05, 0.1) is 12.8 Å². The van der Waals surface area contributed by atoms with E-state index in [1.54, 1.807) is 36.4 Å². The van der Waals surface area contributed by atoms with Crippen molar-refractivity contribution in [3.63, 3.8) is 0 Å². The maximum absolute atomic E-state index is 12.5. The monoisotopic (exact) mass is 379 g/mol. The molecule has 146 valence electrons. The van der Waals surface area contributed by atoms with E-state index in [1.807, 2.05) is 6.07 Å². The van der Waals surface area contributed by atoms with Crippen LogP contribution in [0.25, 0.3) is 0 Å². The van der Waals surface area contributed by atoms with Crippen LogP contribution in [-0.2, 0) is 0 Å². The first-order chi connectivity index (χ1) is 13.7. The normalized spacial score (nSPS) is 13.4. The van der Waals surface area contributed by atoms with Crippen LogP contribution in [0.15, 0.2) is 54.1 Å². The average molecular weight is 379 g/mol. The van der Waals surface area contributed by atoms with Gasteiger partial charge in [0.2, 0.25) is 0 Å². The van der Waals surface area contributed by atoms with E-state index >= 15 is 0 Å². The van der Waals surface area contributed by atoms with Crippen LogP contribution in [0.5, 0.6) is 5.75 Å². The van der Waals surface area contributed by atoms with Gasteiger partial charge < -0.3 is 15.4 Å². The van der Waals surface area contributed by atoms with Crippen LogP contribution in [0, 0.1) is 0 Å². The Bertz CT molecular complexity index is 877. The number of allylic oxidation sites excluding steroid dienone is 1. The number of rotatable bonds is 7. The highest BCUT2D eigenvalue weighted by Crippen LogP contribution is 2.23. The van der Waals surface area contributed by atoms with Gasteiger partial charge in [-0.05, 0) is 56.4 Å². The van der Waals surface area contributed by atoms with E-state index in [4.69, 9.17) is 4.74 Å². The summed E-state index contributed by atoms with van der Waals surface area (Å²) in [5, 5.41) is 5.65. The van der Waals surface area contributed by atoms with Gasteiger partial charge in [-0.25, -0.2) is 4.98 Å². The maximum atomic E-state index is 12.5. The number of para-hydroxylation sites is 2. The summed E-state index contributed by atoms with van der Waals surface area (Å²) in [5.74, 6) is -0.114. The summed E-state index contributed by atoms with van der Waals surface area (Å²) in [5.41, 5.74) is 2.36. The number of pyridine rings is 1. The Morgan fingerprint density at radius 3 is 2.57 bits per heavy atom. The fourth-order valence-electron chi connectivity index (χ4n) is 3.18. The molecule has 1 heterocycles. The Morgan fingerprint density at radius 1 is 1.04 bits per heavy atom. The van der Waals surface area contributed by atoms with Crippen LogP contribution >= 0.6 is 0 Å². The van der Waals surface area contributed by atoms with Crippen molar-refractivity contribution in [2.24, 2.45) is 0 Å². The van der Waals surface area contributed by atoms with Crippen molar-refractivity contribution in [3.05, 3.63) is 65.5 Å². The highest BCUT2D eigenvalue weighted by atomic mass is 16.5. The molecule has 6 nitrogen and oxygen atoms in total. The zero-order chi connectivity index (χ0) is 19.8. The number of nitrogens with zero attached hydrogens (tertiary/aromatic N) is 1. The Morgan fingerprint density at radius 2 is 1.82 bits per heavy atom. The quantitative estimate of drug-likeness (QED) is 0.714. The first-order valence-electron chi connectivity index (χ1n) is 9.55. The molecule has 0 saturated heterocycles. The highest BCUT2D eigenvalue weighted by molar-refractivity contribution is 6.04. The summed E-state index contributed by atoms with van der Waals surface area (Å²) in [6.07, 6.45) is 7.87. The van der Waals surface area contributed by atoms with Crippen molar-refractivity contribution in [1.82, 2.24) is 10.3 Å². The van der Waals surface area contributed by atoms with Gasteiger partial charge >= 0.3 is 0 Å². The van der Waals surface area contributed by atoms with Crippen molar-refractivity contribution in [2.75, 3.05) is 19.0 Å². The number of anilines is 1. The maximum Gasteiger partial charge on any atom is 0.274 e. The number of aromatic nitrogens is 1. The Labute approximate surface area is 165 Å². The molecule has 0 unspecified atom stereocenters. The molecule has 0 spiro atoms. The molecular formula is C22H25N3O3. The Hall–Kier alpha value is -3.15. The second-order valence-electron chi connectivity index (χ2n) is 6.68. The number of nitrogens with one attached hydrogen (secondary N) is 2. The first-order valence-corrected chi connectivity index (χ1v) is 9.55. The van der Waals surface area contributed by atoms with Gasteiger partial charge in [-0.2, -0.15) is 0 Å². The molecule has 1 aliphatic rings. The van der Waals surface area contributed by atoms with Gasteiger partial charge in [0.15, 0.2) is 0 Å². The lowest BCUT2D eigenvalue weighted by Crippen LogP contribution is -2.26. The number of carbonyl (C=O) groups excluding carboxylic acids is 2. The number of benzene rings is 1. The van der Waals surface area contributed by atoms with Crippen molar-refractivity contribution in [2.45, 2.75) is 32.1 Å². The molecule has 1 aromatic heterocycles. The first kappa shape index (κ1) is 19.6. The molecule has 0 bridgehead atoms. The molecule has 3 rings (SSSR count). The largest absolute Gasteiger partial charge is 0.495 e. The Kier molecular flexibility index (Phi) is 6.78. The smallest absolute Gasteiger partial charge is 0.274 e. The van der Waals surface area contributed by atoms with E-state index < -0.39 is 5.91 Å². The van der Waals surface area contributed by atoms with Crippen LogP contribution in [0.1, 0.15) is 53.1 Å². The Balaban J connectivity index is 1.60. The molecule has 0 atom stereocenters. The standard InChI is InChI=1S/C22H25N3O3/c1-28-20-13-6-5-10-17(20)25-22(27)19-12-7-11-18(24-19)21(26)23-15-14-16-8-3-2-4-9-16/h5-8,10-13H,2-4,9,14-15H2,1H3,(H,23,26)(H,25,27).